The van der Waals surface area contributed by atoms with Crippen molar-refractivity contribution in [2.24, 2.45) is 12.8 Å². The molecule has 1 rings (SSSR count). The van der Waals surface area contributed by atoms with Crippen molar-refractivity contribution in [1.82, 2.24) is 4.57 Å². The molecule has 114 valence electrons. The van der Waals surface area contributed by atoms with Gasteiger partial charge in [0.2, 0.25) is 5.91 Å². The zero-order valence-corrected chi connectivity index (χ0v) is 12.8. The van der Waals surface area contributed by atoms with Crippen LogP contribution in [0.5, 0.6) is 0 Å². The van der Waals surface area contributed by atoms with E-state index in [4.69, 9.17) is 10.5 Å². The summed E-state index contributed by atoms with van der Waals surface area (Å²) in [7, 11) is 1.72. The topological polar surface area (TPSA) is 86.3 Å². The van der Waals surface area contributed by atoms with Crippen LogP contribution < -0.4 is 11.1 Å². The number of nitrogens with one attached hydrogen (secondary N) is 1. The highest BCUT2D eigenvalue weighted by Crippen LogP contribution is 2.14. The summed E-state index contributed by atoms with van der Waals surface area (Å²) >= 11 is 0. The number of hydrogen-bond donors (Lipinski definition) is 2. The van der Waals surface area contributed by atoms with Crippen molar-refractivity contribution >= 4 is 30.0 Å². The third kappa shape index (κ3) is 4.86. The van der Waals surface area contributed by atoms with Gasteiger partial charge in [0.1, 0.15) is 5.69 Å². The molecule has 1 heterocycles. The number of hydrogen-bond acceptors (Lipinski definition) is 4. The fourth-order valence-electron chi connectivity index (χ4n) is 1.72. The Morgan fingerprint density at radius 2 is 2.10 bits per heavy atom. The van der Waals surface area contributed by atoms with Gasteiger partial charge >= 0.3 is 5.97 Å². The van der Waals surface area contributed by atoms with E-state index >= 15 is 0 Å². The average Bonchev–Trinajstić information content (AvgIpc) is 2.70. The van der Waals surface area contributed by atoms with Gasteiger partial charge in [-0.1, -0.05) is 13.3 Å². The summed E-state index contributed by atoms with van der Waals surface area (Å²) in [5, 5.41) is 2.69. The molecule has 0 bridgehead atoms. The first kappa shape index (κ1) is 18.5. The van der Waals surface area contributed by atoms with Gasteiger partial charge in [-0.25, -0.2) is 4.79 Å². The molecule has 0 aliphatic heterocycles. The number of amides is 1. The zero-order valence-electron chi connectivity index (χ0n) is 12.0. The summed E-state index contributed by atoms with van der Waals surface area (Å²) in [6.45, 7) is 4.02. The molecule has 0 aromatic carbocycles. The fraction of sp³-hybridized carbons (Fsp3) is 0.538. The van der Waals surface area contributed by atoms with Gasteiger partial charge in [0, 0.05) is 13.2 Å². The predicted molar refractivity (Wildman–Crippen MR) is 80.1 cm³/mol. The molecule has 1 unspecified atom stereocenters. The van der Waals surface area contributed by atoms with E-state index in [0.717, 1.165) is 6.42 Å². The number of carbonyl (C=O) groups is 2. The molecule has 3 N–H and O–H groups in total. The first-order valence-corrected chi connectivity index (χ1v) is 6.39. The summed E-state index contributed by atoms with van der Waals surface area (Å²) in [5.74, 6) is -0.661. The standard InChI is InChI=1S/C13H21N3O3.ClH/c1-4-6-10(14)12(17)15-9-7-11(16(3)8-9)13(18)19-5-2;/h7-8,10H,4-6,14H2,1-3H3,(H,15,17);1H. The molecular weight excluding hydrogens is 282 g/mol. The van der Waals surface area contributed by atoms with Crippen molar-refractivity contribution < 1.29 is 14.3 Å². The number of nitrogens with two attached hydrogens (primary N) is 1. The van der Waals surface area contributed by atoms with E-state index < -0.39 is 12.0 Å². The van der Waals surface area contributed by atoms with Gasteiger partial charge in [-0.3, -0.25) is 4.79 Å². The molecule has 1 atom stereocenters. The second kappa shape index (κ2) is 8.60. The minimum Gasteiger partial charge on any atom is -0.461 e. The summed E-state index contributed by atoms with van der Waals surface area (Å²) in [6, 6.07) is 1.05. The van der Waals surface area contributed by atoms with Crippen LogP contribution >= 0.6 is 12.4 Å². The monoisotopic (exact) mass is 303 g/mol. The first-order valence-electron chi connectivity index (χ1n) is 6.39. The summed E-state index contributed by atoms with van der Waals surface area (Å²) in [6.07, 6.45) is 3.13. The smallest absolute Gasteiger partial charge is 0.355 e. The molecule has 1 aromatic rings. The minimum absolute atomic E-state index is 0. The number of rotatable bonds is 6. The molecule has 0 radical (unpaired) electrons. The van der Waals surface area contributed by atoms with Crippen LogP contribution in [-0.4, -0.2) is 29.1 Å². The molecule has 0 aliphatic rings. The fourth-order valence-corrected chi connectivity index (χ4v) is 1.72. The quantitative estimate of drug-likeness (QED) is 0.783. The van der Waals surface area contributed by atoms with Gasteiger partial charge in [0.25, 0.3) is 0 Å². The van der Waals surface area contributed by atoms with Crippen LogP contribution in [0, 0.1) is 0 Å². The van der Waals surface area contributed by atoms with Crippen LogP contribution in [0.3, 0.4) is 0 Å². The molecular formula is C13H22ClN3O3. The van der Waals surface area contributed by atoms with Crippen molar-refractivity contribution in [2.75, 3.05) is 11.9 Å². The number of nitrogens with zero attached hydrogens (tertiary/aromatic N) is 1. The molecule has 0 spiro atoms. The van der Waals surface area contributed by atoms with Crippen LogP contribution in [0.2, 0.25) is 0 Å². The Labute approximate surface area is 125 Å². The Morgan fingerprint density at radius 3 is 2.65 bits per heavy atom. The van der Waals surface area contributed by atoms with Gasteiger partial charge in [-0.15, -0.1) is 12.4 Å². The average molecular weight is 304 g/mol. The normalized spacial score (nSPS) is 11.4. The Balaban J connectivity index is 0.00000361. The van der Waals surface area contributed by atoms with Gasteiger partial charge < -0.3 is 20.4 Å². The third-order valence-electron chi connectivity index (χ3n) is 2.69. The number of anilines is 1. The highest BCUT2D eigenvalue weighted by Gasteiger charge is 2.16. The lowest BCUT2D eigenvalue weighted by atomic mass is 10.1. The maximum absolute atomic E-state index is 11.8. The minimum atomic E-state index is -0.531. The van der Waals surface area contributed by atoms with Crippen molar-refractivity contribution in [3.05, 3.63) is 18.0 Å². The van der Waals surface area contributed by atoms with Crippen molar-refractivity contribution in [1.29, 1.82) is 0 Å². The van der Waals surface area contributed by atoms with E-state index in [0.29, 0.717) is 24.4 Å². The summed E-state index contributed by atoms with van der Waals surface area (Å²) < 4.78 is 6.53. The summed E-state index contributed by atoms with van der Waals surface area (Å²) in [4.78, 5) is 23.4. The Kier molecular flexibility index (Phi) is 7.94. The molecule has 7 heteroatoms. The van der Waals surface area contributed by atoms with Crippen LogP contribution in [0.1, 0.15) is 37.2 Å². The second-order valence-corrected chi connectivity index (χ2v) is 4.33. The van der Waals surface area contributed by atoms with Crippen molar-refractivity contribution in [3.8, 4) is 0 Å². The Morgan fingerprint density at radius 1 is 1.45 bits per heavy atom. The maximum atomic E-state index is 11.8. The molecule has 0 aliphatic carbocycles. The van der Waals surface area contributed by atoms with Crippen LogP contribution in [0.15, 0.2) is 12.3 Å². The lowest BCUT2D eigenvalue weighted by Crippen LogP contribution is -2.35. The zero-order chi connectivity index (χ0) is 14.4. The van der Waals surface area contributed by atoms with E-state index in [9.17, 15) is 9.59 Å². The van der Waals surface area contributed by atoms with E-state index in [2.05, 4.69) is 5.32 Å². The van der Waals surface area contributed by atoms with E-state index in [1.54, 1.807) is 30.8 Å². The van der Waals surface area contributed by atoms with E-state index in [1.807, 2.05) is 6.92 Å². The largest absolute Gasteiger partial charge is 0.461 e. The Hall–Kier alpha value is -1.53. The SMILES string of the molecule is CCCC(N)C(=O)Nc1cc(C(=O)OCC)n(C)c1.Cl. The Bertz CT molecular complexity index is 460. The molecule has 0 saturated carbocycles. The molecule has 0 fully saturated rings. The highest BCUT2D eigenvalue weighted by atomic mass is 35.5. The third-order valence-corrected chi connectivity index (χ3v) is 2.69. The highest BCUT2D eigenvalue weighted by molar-refractivity contribution is 5.96. The van der Waals surface area contributed by atoms with Gasteiger partial charge in [0.05, 0.1) is 18.3 Å². The first-order chi connectivity index (χ1) is 8.99. The lowest BCUT2D eigenvalue weighted by Gasteiger charge is -2.09. The number of ether oxygens (including phenoxy) is 1. The van der Waals surface area contributed by atoms with Gasteiger partial charge in [-0.05, 0) is 19.4 Å². The molecule has 0 saturated heterocycles. The summed E-state index contributed by atoms with van der Waals surface area (Å²) in [5.41, 5.74) is 6.65. The van der Waals surface area contributed by atoms with Crippen LogP contribution in [-0.2, 0) is 16.6 Å². The van der Waals surface area contributed by atoms with Gasteiger partial charge in [-0.2, -0.15) is 0 Å². The van der Waals surface area contributed by atoms with Crippen molar-refractivity contribution in [3.63, 3.8) is 0 Å². The number of aromatic nitrogens is 1. The van der Waals surface area contributed by atoms with Gasteiger partial charge in [0.15, 0.2) is 0 Å². The van der Waals surface area contributed by atoms with Crippen LogP contribution in [0.25, 0.3) is 0 Å². The molecule has 20 heavy (non-hydrogen) atoms. The number of esters is 1. The molecule has 1 aromatic heterocycles. The van der Waals surface area contributed by atoms with E-state index in [-0.39, 0.29) is 18.3 Å². The van der Waals surface area contributed by atoms with Crippen molar-refractivity contribution in [2.45, 2.75) is 32.7 Å². The predicted octanol–water partition coefficient (Wildman–Crippen LogP) is 1.69. The van der Waals surface area contributed by atoms with Crippen LogP contribution in [0.4, 0.5) is 5.69 Å². The second-order valence-electron chi connectivity index (χ2n) is 4.33. The molecule has 1 amide bonds. The van der Waals surface area contributed by atoms with E-state index in [1.165, 1.54) is 0 Å². The maximum Gasteiger partial charge on any atom is 0.355 e. The lowest BCUT2D eigenvalue weighted by molar-refractivity contribution is -0.117. The molecule has 6 nitrogen and oxygen atoms in total. The number of carbonyl (C=O) groups excluding carboxylic acids is 2. The number of aryl methyl sites for hydroxylation is 1. The number of halogens is 1.